The molecule has 148 valence electrons. The van der Waals surface area contributed by atoms with Crippen LogP contribution in [0.1, 0.15) is 33.6 Å². The summed E-state index contributed by atoms with van der Waals surface area (Å²) in [5.74, 6) is -0.668. The molecule has 1 fully saturated rings. The number of carbonyl (C=O) groups is 2. The first-order valence-corrected chi connectivity index (χ1v) is 11.0. The molecular weight excluding hydrogens is 446 g/mol. The molecule has 1 saturated heterocycles. The van der Waals surface area contributed by atoms with Crippen molar-refractivity contribution in [2.24, 2.45) is 0 Å². The van der Waals surface area contributed by atoms with Gasteiger partial charge in [0.2, 0.25) is 10.0 Å². The van der Waals surface area contributed by atoms with Gasteiger partial charge in [-0.3, -0.25) is 9.59 Å². The molecule has 0 unspecified atom stereocenters. The first-order chi connectivity index (χ1) is 13.3. The highest BCUT2D eigenvalue weighted by Gasteiger charge is 2.28. The summed E-state index contributed by atoms with van der Waals surface area (Å²) in [4.78, 5) is 24.4. The van der Waals surface area contributed by atoms with Gasteiger partial charge in [-0.2, -0.15) is 4.31 Å². The van der Waals surface area contributed by atoms with E-state index in [-0.39, 0.29) is 16.4 Å². The van der Waals surface area contributed by atoms with E-state index in [1.165, 1.54) is 16.4 Å². The van der Waals surface area contributed by atoms with Gasteiger partial charge in [0, 0.05) is 35.9 Å². The van der Waals surface area contributed by atoms with E-state index < -0.39 is 15.9 Å². The fourth-order valence-corrected chi connectivity index (χ4v) is 4.93. The lowest BCUT2D eigenvalue weighted by Gasteiger charge is -2.16. The van der Waals surface area contributed by atoms with E-state index in [9.17, 15) is 18.0 Å². The zero-order chi connectivity index (χ0) is 20.3. The lowest BCUT2D eigenvalue weighted by Crippen LogP contribution is -2.28. The highest BCUT2D eigenvalue weighted by atomic mass is 79.9. The number of nitrogens with one attached hydrogen (secondary N) is 2. The zero-order valence-corrected chi connectivity index (χ0v) is 17.6. The van der Waals surface area contributed by atoms with Gasteiger partial charge in [-0.15, -0.1) is 0 Å². The van der Waals surface area contributed by atoms with Crippen LogP contribution in [0.15, 0.2) is 51.8 Å². The molecular formula is C19H20BrN3O4S. The molecule has 7 nitrogen and oxygen atoms in total. The highest BCUT2D eigenvalue weighted by molar-refractivity contribution is 9.10. The molecule has 2 amide bonds. The lowest BCUT2D eigenvalue weighted by atomic mass is 10.1. The number of rotatable bonds is 5. The van der Waals surface area contributed by atoms with Crippen molar-refractivity contribution in [3.05, 3.63) is 58.1 Å². The van der Waals surface area contributed by atoms with Crippen molar-refractivity contribution < 1.29 is 18.0 Å². The molecule has 0 saturated carbocycles. The number of anilines is 1. The maximum Gasteiger partial charge on any atom is 0.256 e. The molecule has 1 heterocycles. The molecule has 0 bridgehead atoms. The van der Waals surface area contributed by atoms with E-state index in [1.807, 2.05) is 0 Å². The largest absolute Gasteiger partial charge is 0.355 e. The molecule has 2 aromatic rings. The third-order valence-electron chi connectivity index (χ3n) is 4.52. The van der Waals surface area contributed by atoms with Crippen LogP contribution >= 0.6 is 15.9 Å². The summed E-state index contributed by atoms with van der Waals surface area (Å²) in [6.45, 7) is 0.995. The molecule has 2 N–H and O–H groups in total. The SMILES string of the molecule is CNC(=O)c1ccc(NC(=O)c2cc(S(=O)(=O)N3CCCC3)ccc2Br)cc1. The Balaban J connectivity index is 1.82. The summed E-state index contributed by atoms with van der Waals surface area (Å²) < 4.78 is 27.4. The van der Waals surface area contributed by atoms with Crippen LogP contribution in [-0.4, -0.2) is 44.7 Å². The Morgan fingerprint density at radius 1 is 1.00 bits per heavy atom. The Morgan fingerprint density at radius 2 is 1.64 bits per heavy atom. The van der Waals surface area contributed by atoms with Crippen LogP contribution in [-0.2, 0) is 10.0 Å². The summed E-state index contributed by atoms with van der Waals surface area (Å²) in [5, 5.41) is 5.25. The van der Waals surface area contributed by atoms with Gasteiger partial charge in [0.05, 0.1) is 10.5 Å². The fraction of sp³-hybridized carbons (Fsp3) is 0.263. The molecule has 0 radical (unpaired) electrons. The van der Waals surface area contributed by atoms with Gasteiger partial charge in [-0.25, -0.2) is 8.42 Å². The van der Waals surface area contributed by atoms with Crippen LogP contribution in [0, 0.1) is 0 Å². The monoisotopic (exact) mass is 465 g/mol. The molecule has 28 heavy (non-hydrogen) atoms. The number of carbonyl (C=O) groups excluding carboxylic acids is 2. The Morgan fingerprint density at radius 3 is 2.25 bits per heavy atom. The molecule has 0 spiro atoms. The van der Waals surface area contributed by atoms with E-state index in [4.69, 9.17) is 0 Å². The number of nitrogens with zero attached hydrogens (tertiary/aromatic N) is 1. The number of sulfonamides is 1. The number of benzene rings is 2. The van der Waals surface area contributed by atoms with E-state index in [1.54, 1.807) is 37.4 Å². The van der Waals surface area contributed by atoms with Crippen LogP contribution in [0.25, 0.3) is 0 Å². The summed E-state index contributed by atoms with van der Waals surface area (Å²) in [7, 11) is -2.07. The summed E-state index contributed by atoms with van der Waals surface area (Å²) in [6, 6.07) is 10.9. The van der Waals surface area contributed by atoms with Gasteiger partial charge >= 0.3 is 0 Å². The number of hydrogen-bond acceptors (Lipinski definition) is 4. The van der Waals surface area contributed by atoms with Crippen LogP contribution < -0.4 is 10.6 Å². The van der Waals surface area contributed by atoms with Crippen LogP contribution in [0.2, 0.25) is 0 Å². The van der Waals surface area contributed by atoms with Gasteiger partial charge in [0.15, 0.2) is 0 Å². The summed E-state index contributed by atoms with van der Waals surface area (Å²) in [5.41, 5.74) is 1.19. The second-order valence-corrected chi connectivity index (χ2v) is 9.16. The normalized spacial score (nSPS) is 14.6. The molecule has 0 aromatic heterocycles. The van der Waals surface area contributed by atoms with E-state index in [0.29, 0.717) is 28.8 Å². The smallest absolute Gasteiger partial charge is 0.256 e. The van der Waals surface area contributed by atoms with Gasteiger partial charge in [0.1, 0.15) is 0 Å². The molecule has 2 aromatic carbocycles. The lowest BCUT2D eigenvalue weighted by molar-refractivity contribution is 0.0962. The van der Waals surface area contributed by atoms with Crippen LogP contribution in [0.3, 0.4) is 0 Å². The van der Waals surface area contributed by atoms with Crippen molar-refractivity contribution in [1.82, 2.24) is 9.62 Å². The topological polar surface area (TPSA) is 95.6 Å². The van der Waals surface area contributed by atoms with Crippen molar-refractivity contribution in [3.63, 3.8) is 0 Å². The predicted molar refractivity (Wildman–Crippen MR) is 110 cm³/mol. The minimum absolute atomic E-state index is 0.0951. The minimum Gasteiger partial charge on any atom is -0.355 e. The second kappa shape index (κ2) is 8.42. The molecule has 1 aliphatic rings. The molecule has 1 aliphatic heterocycles. The van der Waals surface area contributed by atoms with E-state index in [0.717, 1.165) is 12.8 Å². The van der Waals surface area contributed by atoms with E-state index in [2.05, 4.69) is 26.6 Å². The van der Waals surface area contributed by atoms with E-state index >= 15 is 0 Å². The molecule has 0 atom stereocenters. The zero-order valence-electron chi connectivity index (χ0n) is 15.2. The van der Waals surface area contributed by atoms with Gasteiger partial charge in [-0.05, 0) is 71.2 Å². The van der Waals surface area contributed by atoms with Crippen molar-refractivity contribution in [3.8, 4) is 0 Å². The Bertz CT molecular complexity index is 1000. The quantitative estimate of drug-likeness (QED) is 0.709. The molecule has 0 aliphatic carbocycles. The highest BCUT2D eigenvalue weighted by Crippen LogP contribution is 2.26. The average molecular weight is 466 g/mol. The standard InChI is InChI=1S/C19H20BrN3O4S/c1-21-18(24)13-4-6-14(7-5-13)22-19(25)16-12-15(8-9-17(16)20)28(26,27)23-10-2-3-11-23/h4-9,12H,2-3,10-11H2,1H3,(H,21,24)(H,22,25). The Labute approximate surface area is 172 Å². The fourth-order valence-electron chi connectivity index (χ4n) is 2.96. The van der Waals surface area contributed by atoms with Crippen molar-refractivity contribution >= 4 is 43.5 Å². The first-order valence-electron chi connectivity index (χ1n) is 8.76. The maximum atomic E-state index is 12.7. The van der Waals surface area contributed by atoms with Gasteiger partial charge in [0.25, 0.3) is 11.8 Å². The number of hydrogen-bond donors (Lipinski definition) is 2. The van der Waals surface area contributed by atoms with Gasteiger partial charge < -0.3 is 10.6 Å². The molecule has 3 rings (SSSR count). The Hall–Kier alpha value is -2.23. The summed E-state index contributed by atoms with van der Waals surface area (Å²) >= 11 is 3.31. The average Bonchev–Trinajstić information content (AvgIpc) is 3.24. The second-order valence-electron chi connectivity index (χ2n) is 6.36. The molecule has 9 heteroatoms. The number of halogens is 1. The maximum absolute atomic E-state index is 12.7. The van der Waals surface area contributed by atoms with Crippen LogP contribution in [0.4, 0.5) is 5.69 Å². The van der Waals surface area contributed by atoms with Crippen LogP contribution in [0.5, 0.6) is 0 Å². The third-order valence-corrected chi connectivity index (χ3v) is 7.10. The third kappa shape index (κ3) is 4.26. The predicted octanol–water partition coefficient (Wildman–Crippen LogP) is 2.85. The van der Waals surface area contributed by atoms with Crippen molar-refractivity contribution in [1.29, 1.82) is 0 Å². The van der Waals surface area contributed by atoms with Crippen molar-refractivity contribution in [2.75, 3.05) is 25.5 Å². The summed E-state index contributed by atoms with van der Waals surface area (Å²) in [6.07, 6.45) is 1.68. The van der Waals surface area contributed by atoms with Crippen molar-refractivity contribution in [2.45, 2.75) is 17.7 Å². The first kappa shape index (κ1) is 20.5. The number of amides is 2. The minimum atomic E-state index is -3.61. The van der Waals surface area contributed by atoms with Gasteiger partial charge in [-0.1, -0.05) is 0 Å². The Kier molecular flexibility index (Phi) is 6.17.